The van der Waals surface area contributed by atoms with Crippen LogP contribution < -0.4 is 11.1 Å². The monoisotopic (exact) mass is 213 g/mol. The van der Waals surface area contributed by atoms with Crippen LogP contribution in [0.4, 0.5) is 0 Å². The highest BCUT2D eigenvalue weighted by molar-refractivity contribution is 5.76. The van der Waals surface area contributed by atoms with Crippen molar-refractivity contribution in [3.63, 3.8) is 0 Å². The summed E-state index contributed by atoms with van der Waals surface area (Å²) in [4.78, 5) is 13.9. The third-order valence-corrected chi connectivity index (χ3v) is 2.92. The van der Waals surface area contributed by atoms with Crippen LogP contribution >= 0.6 is 0 Å². The molecule has 0 aliphatic heterocycles. The van der Waals surface area contributed by atoms with Crippen LogP contribution in [0.5, 0.6) is 0 Å². The first kappa shape index (κ1) is 12.5. The second-order valence-electron chi connectivity index (χ2n) is 4.11. The highest BCUT2D eigenvalue weighted by Crippen LogP contribution is 2.28. The number of rotatable bonds is 7. The molecular formula is C11H23N3O. The van der Waals surface area contributed by atoms with Crippen molar-refractivity contribution in [2.75, 3.05) is 19.6 Å². The SMILES string of the molecule is CCNC(=O)CC(CN)N(CC)C1CC1. The Labute approximate surface area is 92.2 Å². The predicted octanol–water partition coefficient (Wildman–Crippen LogP) is 0.324. The Bertz CT molecular complexity index is 204. The third kappa shape index (κ3) is 3.80. The summed E-state index contributed by atoms with van der Waals surface area (Å²) in [5, 5.41) is 2.83. The Morgan fingerprint density at radius 3 is 2.60 bits per heavy atom. The van der Waals surface area contributed by atoms with Gasteiger partial charge in [-0.25, -0.2) is 0 Å². The molecule has 1 amide bonds. The lowest BCUT2D eigenvalue weighted by atomic mass is 10.1. The topological polar surface area (TPSA) is 58.4 Å². The average molecular weight is 213 g/mol. The summed E-state index contributed by atoms with van der Waals surface area (Å²) in [6.45, 7) is 6.34. The number of nitrogens with zero attached hydrogens (tertiary/aromatic N) is 1. The lowest BCUT2D eigenvalue weighted by Gasteiger charge is -2.29. The number of nitrogens with one attached hydrogen (secondary N) is 1. The van der Waals surface area contributed by atoms with E-state index in [0.717, 1.165) is 6.54 Å². The number of nitrogens with two attached hydrogens (primary N) is 1. The van der Waals surface area contributed by atoms with Crippen LogP contribution in [0.3, 0.4) is 0 Å². The van der Waals surface area contributed by atoms with Gasteiger partial charge >= 0.3 is 0 Å². The molecule has 0 radical (unpaired) electrons. The molecule has 1 aliphatic carbocycles. The van der Waals surface area contributed by atoms with Crippen LogP contribution in [-0.4, -0.2) is 42.5 Å². The van der Waals surface area contributed by atoms with Crippen LogP contribution in [0.2, 0.25) is 0 Å². The molecule has 0 bridgehead atoms. The van der Waals surface area contributed by atoms with Gasteiger partial charge < -0.3 is 11.1 Å². The van der Waals surface area contributed by atoms with Gasteiger partial charge in [-0.3, -0.25) is 9.69 Å². The van der Waals surface area contributed by atoms with E-state index in [2.05, 4.69) is 17.1 Å². The Morgan fingerprint density at radius 2 is 2.20 bits per heavy atom. The third-order valence-electron chi connectivity index (χ3n) is 2.92. The highest BCUT2D eigenvalue weighted by Gasteiger charge is 2.32. The van der Waals surface area contributed by atoms with Crippen LogP contribution in [-0.2, 0) is 4.79 Å². The van der Waals surface area contributed by atoms with E-state index >= 15 is 0 Å². The van der Waals surface area contributed by atoms with Crippen molar-refractivity contribution >= 4 is 5.91 Å². The van der Waals surface area contributed by atoms with Gasteiger partial charge in [-0.1, -0.05) is 6.92 Å². The smallest absolute Gasteiger partial charge is 0.221 e. The molecule has 1 unspecified atom stereocenters. The molecule has 1 saturated carbocycles. The van der Waals surface area contributed by atoms with Gasteiger partial charge in [0.2, 0.25) is 5.91 Å². The van der Waals surface area contributed by atoms with E-state index in [4.69, 9.17) is 5.73 Å². The summed E-state index contributed by atoms with van der Waals surface area (Å²) >= 11 is 0. The van der Waals surface area contributed by atoms with E-state index in [0.29, 0.717) is 25.6 Å². The van der Waals surface area contributed by atoms with E-state index in [1.54, 1.807) is 0 Å². The van der Waals surface area contributed by atoms with Crippen molar-refractivity contribution in [1.29, 1.82) is 0 Å². The van der Waals surface area contributed by atoms with Crippen molar-refractivity contribution in [2.24, 2.45) is 5.73 Å². The van der Waals surface area contributed by atoms with Crippen molar-refractivity contribution in [2.45, 2.75) is 45.2 Å². The normalized spacial score (nSPS) is 17.9. The maximum atomic E-state index is 11.5. The minimum atomic E-state index is 0.118. The Hall–Kier alpha value is -0.610. The summed E-state index contributed by atoms with van der Waals surface area (Å²) in [5.41, 5.74) is 5.74. The molecule has 1 rings (SSSR count). The number of amides is 1. The second-order valence-corrected chi connectivity index (χ2v) is 4.11. The number of carbonyl (C=O) groups excluding carboxylic acids is 1. The van der Waals surface area contributed by atoms with Gasteiger partial charge in [0.25, 0.3) is 0 Å². The molecule has 4 heteroatoms. The molecule has 1 aliphatic rings. The van der Waals surface area contributed by atoms with Crippen LogP contribution in [0, 0.1) is 0 Å². The molecule has 0 spiro atoms. The van der Waals surface area contributed by atoms with E-state index in [1.165, 1.54) is 12.8 Å². The summed E-state index contributed by atoms with van der Waals surface area (Å²) in [5.74, 6) is 0.118. The summed E-state index contributed by atoms with van der Waals surface area (Å²) in [7, 11) is 0. The molecular weight excluding hydrogens is 190 g/mol. The number of carbonyl (C=O) groups is 1. The van der Waals surface area contributed by atoms with Gasteiger partial charge in [-0.05, 0) is 26.3 Å². The fourth-order valence-electron chi connectivity index (χ4n) is 2.04. The fourth-order valence-corrected chi connectivity index (χ4v) is 2.04. The summed E-state index contributed by atoms with van der Waals surface area (Å²) < 4.78 is 0. The maximum absolute atomic E-state index is 11.5. The molecule has 15 heavy (non-hydrogen) atoms. The molecule has 0 aromatic heterocycles. The molecule has 1 atom stereocenters. The second kappa shape index (κ2) is 6.08. The largest absolute Gasteiger partial charge is 0.356 e. The van der Waals surface area contributed by atoms with Gasteiger partial charge in [-0.2, -0.15) is 0 Å². The molecule has 0 heterocycles. The molecule has 0 aromatic carbocycles. The van der Waals surface area contributed by atoms with Crippen molar-refractivity contribution in [1.82, 2.24) is 10.2 Å². The van der Waals surface area contributed by atoms with Crippen molar-refractivity contribution in [3.8, 4) is 0 Å². The van der Waals surface area contributed by atoms with Gasteiger partial charge in [0, 0.05) is 31.6 Å². The van der Waals surface area contributed by atoms with Gasteiger partial charge in [0.15, 0.2) is 0 Å². The fraction of sp³-hybridized carbons (Fsp3) is 0.909. The lowest BCUT2D eigenvalue weighted by Crippen LogP contribution is -2.45. The lowest BCUT2D eigenvalue weighted by molar-refractivity contribution is -0.122. The first-order chi connectivity index (χ1) is 7.22. The molecule has 1 fully saturated rings. The Kier molecular flexibility index (Phi) is 5.05. The molecule has 4 nitrogen and oxygen atoms in total. The standard InChI is InChI=1S/C11H23N3O/c1-3-13-11(15)7-10(8-12)14(4-2)9-5-6-9/h9-10H,3-8,12H2,1-2H3,(H,13,15). The van der Waals surface area contributed by atoms with Gasteiger partial charge in [-0.15, -0.1) is 0 Å². The molecule has 88 valence electrons. The summed E-state index contributed by atoms with van der Waals surface area (Å²) in [6.07, 6.45) is 3.06. The first-order valence-electron chi connectivity index (χ1n) is 5.95. The minimum absolute atomic E-state index is 0.118. The van der Waals surface area contributed by atoms with Crippen LogP contribution in [0.1, 0.15) is 33.1 Å². The first-order valence-corrected chi connectivity index (χ1v) is 5.95. The zero-order chi connectivity index (χ0) is 11.3. The maximum Gasteiger partial charge on any atom is 0.221 e. The average Bonchev–Trinajstić information content (AvgIpc) is 3.02. The van der Waals surface area contributed by atoms with Crippen molar-refractivity contribution in [3.05, 3.63) is 0 Å². The predicted molar refractivity (Wildman–Crippen MR) is 61.5 cm³/mol. The van der Waals surface area contributed by atoms with E-state index < -0.39 is 0 Å². The van der Waals surface area contributed by atoms with Crippen LogP contribution in [0.15, 0.2) is 0 Å². The number of likely N-dealkylation sites (N-methyl/N-ethyl adjacent to an activating group) is 1. The number of hydrogen-bond donors (Lipinski definition) is 2. The summed E-state index contributed by atoms with van der Waals surface area (Å²) in [6, 6.07) is 0.895. The molecule has 0 saturated heterocycles. The van der Waals surface area contributed by atoms with Gasteiger partial charge in [0.1, 0.15) is 0 Å². The Morgan fingerprint density at radius 1 is 1.53 bits per heavy atom. The number of hydrogen-bond acceptors (Lipinski definition) is 3. The Balaban J connectivity index is 2.41. The molecule has 0 aromatic rings. The highest BCUT2D eigenvalue weighted by atomic mass is 16.1. The quantitative estimate of drug-likeness (QED) is 0.640. The van der Waals surface area contributed by atoms with Crippen LogP contribution in [0.25, 0.3) is 0 Å². The van der Waals surface area contributed by atoms with E-state index in [-0.39, 0.29) is 11.9 Å². The van der Waals surface area contributed by atoms with E-state index in [9.17, 15) is 4.79 Å². The van der Waals surface area contributed by atoms with Crippen molar-refractivity contribution < 1.29 is 4.79 Å². The van der Waals surface area contributed by atoms with Gasteiger partial charge in [0.05, 0.1) is 0 Å². The molecule has 3 N–H and O–H groups in total. The minimum Gasteiger partial charge on any atom is -0.356 e. The zero-order valence-electron chi connectivity index (χ0n) is 9.83. The zero-order valence-corrected chi connectivity index (χ0v) is 9.83. The van der Waals surface area contributed by atoms with E-state index in [1.807, 2.05) is 6.92 Å².